The summed E-state index contributed by atoms with van der Waals surface area (Å²) in [5, 5.41) is 0. The Kier molecular flexibility index (Phi) is 3.76. The molecule has 0 aromatic carbocycles. The quantitative estimate of drug-likeness (QED) is 0.743. The minimum Gasteiger partial charge on any atom is -0.351 e. The van der Waals surface area contributed by atoms with Crippen LogP contribution in [-0.4, -0.2) is 46.6 Å². The summed E-state index contributed by atoms with van der Waals surface area (Å²) in [6.45, 7) is 7.79. The summed E-state index contributed by atoms with van der Waals surface area (Å²) in [6.07, 6.45) is 4.06. The monoisotopic (exact) mass is 324 g/mol. The third-order valence-corrected chi connectivity index (χ3v) is 4.68. The van der Waals surface area contributed by atoms with Gasteiger partial charge in [0.15, 0.2) is 0 Å². The van der Waals surface area contributed by atoms with Crippen LogP contribution in [0, 0.1) is 6.92 Å². The topological polar surface area (TPSA) is 32.3 Å². The largest absolute Gasteiger partial charge is 0.351 e. The lowest BCUT2D eigenvalue weighted by Gasteiger charge is -2.48. The highest BCUT2D eigenvalue weighted by molar-refractivity contribution is 9.10. The van der Waals surface area contributed by atoms with Crippen LogP contribution in [0.3, 0.4) is 0 Å². The van der Waals surface area contributed by atoms with Gasteiger partial charge in [0.2, 0.25) is 0 Å². The van der Waals surface area contributed by atoms with E-state index in [0.717, 1.165) is 29.3 Å². The van der Waals surface area contributed by atoms with Gasteiger partial charge in [0, 0.05) is 31.2 Å². The van der Waals surface area contributed by atoms with Crippen molar-refractivity contribution in [3.63, 3.8) is 0 Å². The fourth-order valence-corrected chi connectivity index (χ4v) is 3.80. The molecule has 2 unspecified atom stereocenters. The van der Waals surface area contributed by atoms with Crippen molar-refractivity contribution in [2.45, 2.75) is 45.2 Å². The summed E-state index contributed by atoms with van der Waals surface area (Å²) < 4.78 is 0.883. The molecule has 1 aromatic rings. The number of fused-ring (bicyclic) bond motifs is 1. The highest BCUT2D eigenvalue weighted by Crippen LogP contribution is 2.28. The second kappa shape index (κ2) is 5.37. The maximum Gasteiger partial charge on any atom is 0.133 e. The van der Waals surface area contributed by atoms with Gasteiger partial charge < -0.3 is 4.90 Å². The van der Waals surface area contributed by atoms with Crippen LogP contribution in [0.15, 0.2) is 10.7 Å². The van der Waals surface area contributed by atoms with E-state index in [0.29, 0.717) is 12.1 Å². The summed E-state index contributed by atoms with van der Waals surface area (Å²) in [6, 6.07) is 3.27. The first-order valence-corrected chi connectivity index (χ1v) is 7.94. The van der Waals surface area contributed by atoms with Crippen molar-refractivity contribution in [2.75, 3.05) is 24.5 Å². The first kappa shape index (κ1) is 13.3. The molecule has 0 amide bonds. The number of anilines is 1. The SMILES string of the molecule is Cc1nc(Br)cc(N2CC3CCCCN3CC2C)n1. The molecule has 0 spiro atoms. The number of piperazine rings is 1. The van der Waals surface area contributed by atoms with Gasteiger partial charge in [-0.3, -0.25) is 4.90 Å². The molecule has 0 bridgehead atoms. The van der Waals surface area contributed by atoms with Crippen LogP contribution >= 0.6 is 15.9 Å². The average molecular weight is 325 g/mol. The van der Waals surface area contributed by atoms with Crippen LogP contribution in [0.25, 0.3) is 0 Å². The average Bonchev–Trinajstić information content (AvgIpc) is 2.36. The lowest BCUT2D eigenvalue weighted by Crippen LogP contribution is -2.59. The maximum atomic E-state index is 4.61. The first-order valence-electron chi connectivity index (χ1n) is 7.15. The fourth-order valence-electron chi connectivity index (χ4n) is 3.33. The zero-order valence-electron chi connectivity index (χ0n) is 11.6. The van der Waals surface area contributed by atoms with E-state index in [2.05, 4.69) is 42.6 Å². The number of aryl methyl sites for hydroxylation is 1. The van der Waals surface area contributed by atoms with E-state index in [9.17, 15) is 0 Å². The second-order valence-corrected chi connectivity index (χ2v) is 6.55. The van der Waals surface area contributed by atoms with E-state index in [1.54, 1.807) is 0 Å². The normalized spacial score (nSPS) is 28.3. The molecule has 19 heavy (non-hydrogen) atoms. The van der Waals surface area contributed by atoms with Crippen molar-refractivity contribution < 1.29 is 0 Å². The molecule has 0 radical (unpaired) electrons. The van der Waals surface area contributed by atoms with E-state index in [1.165, 1.54) is 25.8 Å². The van der Waals surface area contributed by atoms with Crippen molar-refractivity contribution >= 4 is 21.7 Å². The van der Waals surface area contributed by atoms with Gasteiger partial charge in [0.05, 0.1) is 0 Å². The van der Waals surface area contributed by atoms with Gasteiger partial charge in [0.25, 0.3) is 0 Å². The van der Waals surface area contributed by atoms with Gasteiger partial charge >= 0.3 is 0 Å². The number of aromatic nitrogens is 2. The smallest absolute Gasteiger partial charge is 0.133 e. The predicted molar refractivity (Wildman–Crippen MR) is 80.5 cm³/mol. The Labute approximate surface area is 123 Å². The highest BCUT2D eigenvalue weighted by atomic mass is 79.9. The Morgan fingerprint density at radius 1 is 1.26 bits per heavy atom. The number of rotatable bonds is 1. The summed E-state index contributed by atoms with van der Waals surface area (Å²) in [4.78, 5) is 14.0. The van der Waals surface area contributed by atoms with Gasteiger partial charge in [-0.1, -0.05) is 6.42 Å². The number of hydrogen-bond acceptors (Lipinski definition) is 4. The maximum absolute atomic E-state index is 4.61. The molecule has 2 aliphatic rings. The zero-order chi connectivity index (χ0) is 13.4. The molecule has 2 fully saturated rings. The van der Waals surface area contributed by atoms with Crippen molar-refractivity contribution in [1.29, 1.82) is 0 Å². The summed E-state index contributed by atoms with van der Waals surface area (Å²) >= 11 is 3.48. The van der Waals surface area contributed by atoms with Crippen LogP contribution in [0.2, 0.25) is 0 Å². The molecule has 104 valence electrons. The second-order valence-electron chi connectivity index (χ2n) is 5.74. The van der Waals surface area contributed by atoms with Crippen LogP contribution in [-0.2, 0) is 0 Å². The minimum atomic E-state index is 0.524. The molecule has 2 aliphatic heterocycles. The highest BCUT2D eigenvalue weighted by Gasteiger charge is 2.33. The lowest BCUT2D eigenvalue weighted by atomic mass is 9.97. The standard InChI is InChI=1S/C14H21BrN4/c1-10-8-18-6-4-3-5-12(18)9-19(10)14-7-13(15)16-11(2)17-14/h7,10,12H,3-6,8-9H2,1-2H3. The first-order chi connectivity index (χ1) is 9.13. The molecular formula is C14H21BrN4. The van der Waals surface area contributed by atoms with E-state index in [1.807, 2.05) is 13.0 Å². The molecule has 5 heteroatoms. The molecule has 2 atom stereocenters. The van der Waals surface area contributed by atoms with Gasteiger partial charge in [-0.2, -0.15) is 0 Å². The summed E-state index contributed by atoms with van der Waals surface area (Å²) in [5.41, 5.74) is 0. The van der Waals surface area contributed by atoms with Crippen LogP contribution in [0.5, 0.6) is 0 Å². The van der Waals surface area contributed by atoms with E-state index in [4.69, 9.17) is 0 Å². The molecular weight excluding hydrogens is 304 g/mol. The van der Waals surface area contributed by atoms with Crippen LogP contribution in [0.4, 0.5) is 5.82 Å². The predicted octanol–water partition coefficient (Wildman–Crippen LogP) is 2.61. The fraction of sp³-hybridized carbons (Fsp3) is 0.714. The Morgan fingerprint density at radius 2 is 2.11 bits per heavy atom. The molecule has 0 aliphatic carbocycles. The van der Waals surface area contributed by atoms with Crippen molar-refractivity contribution in [3.05, 3.63) is 16.5 Å². The third-order valence-electron chi connectivity index (χ3n) is 4.27. The summed E-state index contributed by atoms with van der Waals surface area (Å²) in [7, 11) is 0. The molecule has 4 nitrogen and oxygen atoms in total. The summed E-state index contributed by atoms with van der Waals surface area (Å²) in [5.74, 6) is 1.90. The molecule has 0 N–H and O–H groups in total. The molecule has 2 saturated heterocycles. The van der Waals surface area contributed by atoms with Crippen LogP contribution in [0.1, 0.15) is 32.0 Å². The van der Waals surface area contributed by atoms with Crippen molar-refractivity contribution in [2.24, 2.45) is 0 Å². The van der Waals surface area contributed by atoms with Gasteiger partial charge in [-0.25, -0.2) is 9.97 Å². The Morgan fingerprint density at radius 3 is 2.89 bits per heavy atom. The number of hydrogen-bond donors (Lipinski definition) is 0. The van der Waals surface area contributed by atoms with Crippen molar-refractivity contribution in [1.82, 2.24) is 14.9 Å². The third kappa shape index (κ3) is 2.77. The van der Waals surface area contributed by atoms with Crippen molar-refractivity contribution in [3.8, 4) is 0 Å². The van der Waals surface area contributed by atoms with Crippen LogP contribution < -0.4 is 4.90 Å². The Balaban J connectivity index is 1.83. The van der Waals surface area contributed by atoms with E-state index >= 15 is 0 Å². The van der Waals surface area contributed by atoms with E-state index < -0.39 is 0 Å². The minimum absolute atomic E-state index is 0.524. The van der Waals surface area contributed by atoms with Gasteiger partial charge in [0.1, 0.15) is 16.2 Å². The number of halogens is 1. The number of nitrogens with zero attached hydrogens (tertiary/aromatic N) is 4. The Bertz CT molecular complexity index is 445. The number of piperidine rings is 1. The lowest BCUT2D eigenvalue weighted by molar-refractivity contribution is 0.115. The van der Waals surface area contributed by atoms with E-state index in [-0.39, 0.29) is 0 Å². The van der Waals surface area contributed by atoms with Gasteiger partial charge in [-0.15, -0.1) is 0 Å². The molecule has 1 aromatic heterocycles. The Hall–Kier alpha value is -0.680. The zero-order valence-corrected chi connectivity index (χ0v) is 13.2. The molecule has 3 rings (SSSR count). The van der Waals surface area contributed by atoms with Gasteiger partial charge in [-0.05, 0) is 49.2 Å². The molecule has 3 heterocycles. The molecule has 0 saturated carbocycles.